The van der Waals surface area contributed by atoms with Crippen molar-refractivity contribution in [2.75, 3.05) is 6.54 Å². The fourth-order valence-electron chi connectivity index (χ4n) is 3.16. The molecule has 1 N–H and O–H groups in total. The van der Waals surface area contributed by atoms with Crippen LogP contribution in [0.5, 0.6) is 0 Å². The number of hydrogen-bond donors (Lipinski definition) is 1. The molecule has 2 atom stereocenters. The third kappa shape index (κ3) is 3.88. The summed E-state index contributed by atoms with van der Waals surface area (Å²) in [5, 5.41) is 14.0. The third-order valence-corrected chi connectivity index (χ3v) is 4.50. The first-order chi connectivity index (χ1) is 10.4. The van der Waals surface area contributed by atoms with Gasteiger partial charge in [-0.3, -0.25) is 9.48 Å². The molecule has 0 aliphatic carbocycles. The predicted molar refractivity (Wildman–Crippen MR) is 86.8 cm³/mol. The Morgan fingerprint density at radius 2 is 2.18 bits per heavy atom. The van der Waals surface area contributed by atoms with Gasteiger partial charge in [0.25, 0.3) is 5.91 Å². The van der Waals surface area contributed by atoms with Gasteiger partial charge in [0.2, 0.25) is 0 Å². The van der Waals surface area contributed by atoms with E-state index in [0.717, 1.165) is 38.0 Å². The molecule has 5 nitrogen and oxygen atoms in total. The summed E-state index contributed by atoms with van der Waals surface area (Å²) in [5.74, 6) is 0.688. The van der Waals surface area contributed by atoms with Gasteiger partial charge in [-0.1, -0.05) is 13.8 Å². The van der Waals surface area contributed by atoms with E-state index in [0.29, 0.717) is 17.9 Å². The van der Waals surface area contributed by atoms with Gasteiger partial charge in [0.1, 0.15) is 0 Å². The van der Waals surface area contributed by atoms with Crippen molar-refractivity contribution in [1.82, 2.24) is 14.7 Å². The molecule has 2 rings (SSSR count). The topological polar surface area (TPSA) is 58.4 Å². The van der Waals surface area contributed by atoms with Crippen molar-refractivity contribution in [1.29, 1.82) is 0 Å². The molecule has 0 aromatic carbocycles. The number of rotatable bonds is 6. The fourth-order valence-corrected chi connectivity index (χ4v) is 3.16. The lowest BCUT2D eigenvalue weighted by atomic mass is 10.1. The summed E-state index contributed by atoms with van der Waals surface area (Å²) >= 11 is 0. The van der Waals surface area contributed by atoms with Gasteiger partial charge in [-0.2, -0.15) is 5.10 Å². The van der Waals surface area contributed by atoms with E-state index in [1.54, 1.807) is 13.1 Å². The maximum absolute atomic E-state index is 12.8. The summed E-state index contributed by atoms with van der Waals surface area (Å²) in [7, 11) is 0. The van der Waals surface area contributed by atoms with Gasteiger partial charge in [-0.05, 0) is 45.4 Å². The van der Waals surface area contributed by atoms with Gasteiger partial charge < -0.3 is 10.0 Å². The van der Waals surface area contributed by atoms with Crippen LogP contribution in [-0.4, -0.2) is 44.4 Å². The minimum absolute atomic E-state index is 0.0662. The van der Waals surface area contributed by atoms with Gasteiger partial charge in [-0.15, -0.1) is 0 Å². The fraction of sp³-hybridized carbons (Fsp3) is 0.765. The summed E-state index contributed by atoms with van der Waals surface area (Å²) in [6.07, 6.45) is 5.06. The highest BCUT2D eigenvalue weighted by Gasteiger charge is 2.31. The second-order valence-corrected chi connectivity index (χ2v) is 6.93. The Bertz CT molecular complexity index is 508. The van der Waals surface area contributed by atoms with Crippen molar-refractivity contribution < 1.29 is 9.90 Å². The van der Waals surface area contributed by atoms with Crippen LogP contribution in [0.25, 0.3) is 0 Å². The van der Waals surface area contributed by atoms with E-state index in [9.17, 15) is 9.90 Å². The first kappa shape index (κ1) is 17.0. The van der Waals surface area contributed by atoms with Crippen molar-refractivity contribution in [3.63, 3.8) is 0 Å². The van der Waals surface area contributed by atoms with Crippen LogP contribution in [-0.2, 0) is 6.54 Å². The van der Waals surface area contributed by atoms with Crippen molar-refractivity contribution in [2.24, 2.45) is 5.92 Å². The first-order valence-electron chi connectivity index (χ1n) is 8.41. The Kier molecular flexibility index (Phi) is 5.62. The molecular weight excluding hydrogens is 278 g/mol. The lowest BCUT2D eigenvalue weighted by Crippen LogP contribution is -2.37. The zero-order valence-electron chi connectivity index (χ0n) is 14.2. The van der Waals surface area contributed by atoms with Crippen molar-refractivity contribution in [3.8, 4) is 0 Å². The Labute approximate surface area is 133 Å². The molecule has 1 aromatic heterocycles. The van der Waals surface area contributed by atoms with Crippen LogP contribution < -0.4 is 0 Å². The standard InChI is InChI=1S/C17H29N3O2/c1-12(2)7-9-20-14(4)16(11-18-20)17(22)19-8-5-6-15(19)10-13(3)21/h11-13,15,21H,5-10H2,1-4H3. The van der Waals surface area contributed by atoms with Crippen LogP contribution in [0.1, 0.15) is 62.5 Å². The maximum Gasteiger partial charge on any atom is 0.257 e. The average molecular weight is 307 g/mol. The lowest BCUT2D eigenvalue weighted by molar-refractivity contribution is 0.0681. The van der Waals surface area contributed by atoms with E-state index >= 15 is 0 Å². The Hall–Kier alpha value is -1.36. The second-order valence-electron chi connectivity index (χ2n) is 6.93. The molecule has 2 heterocycles. The number of carbonyl (C=O) groups is 1. The molecule has 124 valence electrons. The molecular formula is C17H29N3O2. The van der Waals surface area contributed by atoms with Gasteiger partial charge >= 0.3 is 0 Å². The molecule has 1 aliphatic heterocycles. The molecule has 1 fully saturated rings. The van der Waals surface area contributed by atoms with Gasteiger partial charge in [0.15, 0.2) is 0 Å². The lowest BCUT2D eigenvalue weighted by Gasteiger charge is -2.25. The van der Waals surface area contributed by atoms with Gasteiger partial charge in [0.05, 0.1) is 17.9 Å². The molecule has 0 saturated carbocycles. The number of hydrogen-bond acceptors (Lipinski definition) is 3. The summed E-state index contributed by atoms with van der Waals surface area (Å²) in [6.45, 7) is 9.78. The van der Waals surface area contributed by atoms with Crippen LogP contribution in [0.3, 0.4) is 0 Å². The second kappa shape index (κ2) is 7.27. The number of aliphatic hydroxyl groups is 1. The van der Waals surface area contributed by atoms with Crippen LogP contribution in [0.15, 0.2) is 6.20 Å². The summed E-state index contributed by atoms with van der Waals surface area (Å²) in [4.78, 5) is 14.7. The van der Waals surface area contributed by atoms with Crippen molar-refractivity contribution in [3.05, 3.63) is 17.5 Å². The monoisotopic (exact) mass is 307 g/mol. The normalized spacial score (nSPS) is 19.9. The van der Waals surface area contributed by atoms with E-state index in [-0.39, 0.29) is 18.1 Å². The van der Waals surface area contributed by atoms with E-state index in [2.05, 4.69) is 18.9 Å². The molecule has 0 bridgehead atoms. The maximum atomic E-state index is 12.8. The zero-order valence-corrected chi connectivity index (χ0v) is 14.2. The SMILES string of the molecule is Cc1c(C(=O)N2CCCC2CC(C)O)cnn1CCC(C)C. The molecule has 1 amide bonds. The molecule has 0 radical (unpaired) electrons. The Morgan fingerprint density at radius 3 is 2.82 bits per heavy atom. The number of amides is 1. The van der Waals surface area contributed by atoms with Crippen LogP contribution in [0.4, 0.5) is 0 Å². The smallest absolute Gasteiger partial charge is 0.257 e. The molecule has 1 aromatic rings. The molecule has 2 unspecified atom stereocenters. The highest BCUT2D eigenvalue weighted by Crippen LogP contribution is 2.24. The minimum Gasteiger partial charge on any atom is -0.393 e. The highest BCUT2D eigenvalue weighted by molar-refractivity contribution is 5.95. The van der Waals surface area contributed by atoms with E-state index in [4.69, 9.17) is 0 Å². The molecule has 1 saturated heterocycles. The molecule has 5 heteroatoms. The number of aromatic nitrogens is 2. The Balaban J connectivity index is 2.09. The number of likely N-dealkylation sites (tertiary alicyclic amines) is 1. The largest absolute Gasteiger partial charge is 0.393 e. The van der Waals surface area contributed by atoms with Crippen LogP contribution in [0, 0.1) is 12.8 Å². The van der Waals surface area contributed by atoms with E-state index in [1.807, 2.05) is 16.5 Å². The number of carbonyl (C=O) groups excluding carboxylic acids is 1. The van der Waals surface area contributed by atoms with Gasteiger partial charge in [-0.25, -0.2) is 0 Å². The van der Waals surface area contributed by atoms with Crippen LogP contribution in [0.2, 0.25) is 0 Å². The molecule has 0 spiro atoms. The summed E-state index contributed by atoms with van der Waals surface area (Å²) < 4.78 is 1.94. The number of aryl methyl sites for hydroxylation is 1. The summed E-state index contributed by atoms with van der Waals surface area (Å²) in [5.41, 5.74) is 1.66. The number of nitrogens with zero attached hydrogens (tertiary/aromatic N) is 3. The van der Waals surface area contributed by atoms with Gasteiger partial charge in [0, 0.05) is 24.8 Å². The van der Waals surface area contributed by atoms with E-state index in [1.165, 1.54) is 0 Å². The molecule has 22 heavy (non-hydrogen) atoms. The third-order valence-electron chi connectivity index (χ3n) is 4.50. The number of aliphatic hydroxyl groups excluding tert-OH is 1. The zero-order chi connectivity index (χ0) is 16.3. The first-order valence-corrected chi connectivity index (χ1v) is 8.41. The summed E-state index contributed by atoms with van der Waals surface area (Å²) in [6, 6.07) is 0.158. The van der Waals surface area contributed by atoms with Crippen molar-refractivity contribution >= 4 is 5.91 Å². The molecule has 1 aliphatic rings. The van der Waals surface area contributed by atoms with Crippen molar-refractivity contribution in [2.45, 2.75) is 72.1 Å². The average Bonchev–Trinajstić information content (AvgIpc) is 3.02. The van der Waals surface area contributed by atoms with Crippen LogP contribution >= 0.6 is 0 Å². The minimum atomic E-state index is -0.367. The predicted octanol–water partition coefficient (Wildman–Crippen LogP) is 2.61. The quantitative estimate of drug-likeness (QED) is 0.879. The highest BCUT2D eigenvalue weighted by atomic mass is 16.3. The Morgan fingerprint density at radius 1 is 1.45 bits per heavy atom. The van der Waals surface area contributed by atoms with E-state index < -0.39 is 0 Å².